The summed E-state index contributed by atoms with van der Waals surface area (Å²) in [5.74, 6) is 0.239. The van der Waals surface area contributed by atoms with Gasteiger partial charge in [-0.25, -0.2) is 0 Å². The SMILES string of the molecule is CCN(CC)C(=O)C1CCCN1C(=O)CCCNC.Cl. The third-order valence-corrected chi connectivity index (χ3v) is 3.75. The minimum absolute atomic E-state index is 0. The minimum Gasteiger partial charge on any atom is -0.341 e. The van der Waals surface area contributed by atoms with E-state index in [-0.39, 0.29) is 30.3 Å². The third kappa shape index (κ3) is 4.94. The Bertz CT molecular complexity index is 309. The average molecular weight is 306 g/mol. The van der Waals surface area contributed by atoms with Gasteiger partial charge in [0.2, 0.25) is 11.8 Å². The van der Waals surface area contributed by atoms with E-state index in [2.05, 4.69) is 5.32 Å². The maximum atomic E-state index is 12.4. The van der Waals surface area contributed by atoms with Crippen molar-refractivity contribution in [2.24, 2.45) is 0 Å². The molecule has 0 aliphatic carbocycles. The van der Waals surface area contributed by atoms with Crippen molar-refractivity contribution in [1.82, 2.24) is 15.1 Å². The maximum absolute atomic E-state index is 12.4. The van der Waals surface area contributed by atoms with Gasteiger partial charge in [0.15, 0.2) is 0 Å². The van der Waals surface area contributed by atoms with Gasteiger partial charge >= 0.3 is 0 Å². The molecule has 1 fully saturated rings. The Morgan fingerprint density at radius 3 is 2.50 bits per heavy atom. The number of nitrogens with one attached hydrogen (secondary N) is 1. The summed E-state index contributed by atoms with van der Waals surface area (Å²) in [6.07, 6.45) is 3.11. The Kier molecular flexibility index (Phi) is 9.59. The lowest BCUT2D eigenvalue weighted by atomic mass is 10.1. The lowest BCUT2D eigenvalue weighted by Gasteiger charge is -2.29. The molecule has 2 amide bonds. The first-order chi connectivity index (χ1) is 9.15. The second-order valence-corrected chi connectivity index (χ2v) is 4.96. The van der Waals surface area contributed by atoms with Gasteiger partial charge in [0.25, 0.3) is 0 Å². The summed E-state index contributed by atoms with van der Waals surface area (Å²) in [7, 11) is 1.88. The second kappa shape index (κ2) is 10.00. The smallest absolute Gasteiger partial charge is 0.245 e. The molecule has 1 aliphatic heterocycles. The van der Waals surface area contributed by atoms with Crippen molar-refractivity contribution in [3.63, 3.8) is 0 Å². The number of hydrogen-bond donors (Lipinski definition) is 1. The number of carbonyl (C=O) groups excluding carboxylic acids is 2. The van der Waals surface area contributed by atoms with Crippen LogP contribution in [-0.4, -0.2) is 60.9 Å². The lowest BCUT2D eigenvalue weighted by Crippen LogP contribution is -2.47. The van der Waals surface area contributed by atoms with E-state index in [1.165, 1.54) is 0 Å². The van der Waals surface area contributed by atoms with Crippen LogP contribution in [0.1, 0.15) is 39.5 Å². The van der Waals surface area contributed by atoms with E-state index in [4.69, 9.17) is 0 Å². The van der Waals surface area contributed by atoms with Crippen molar-refractivity contribution < 1.29 is 9.59 Å². The molecule has 0 saturated carbocycles. The van der Waals surface area contributed by atoms with Gasteiger partial charge in [-0.1, -0.05) is 0 Å². The predicted octanol–water partition coefficient (Wildman–Crippen LogP) is 1.27. The fourth-order valence-corrected chi connectivity index (χ4v) is 2.63. The van der Waals surface area contributed by atoms with Crippen LogP contribution in [0.2, 0.25) is 0 Å². The number of rotatable bonds is 7. The van der Waals surface area contributed by atoms with E-state index in [0.29, 0.717) is 19.5 Å². The normalized spacial score (nSPS) is 17.8. The summed E-state index contributed by atoms with van der Waals surface area (Å²) in [5.41, 5.74) is 0. The highest BCUT2D eigenvalue weighted by atomic mass is 35.5. The Labute approximate surface area is 128 Å². The Balaban J connectivity index is 0.00000361. The van der Waals surface area contributed by atoms with Crippen molar-refractivity contribution >= 4 is 24.2 Å². The number of halogens is 1. The number of likely N-dealkylation sites (N-methyl/N-ethyl adjacent to an activating group) is 1. The maximum Gasteiger partial charge on any atom is 0.245 e. The molecule has 0 radical (unpaired) electrons. The predicted molar refractivity (Wildman–Crippen MR) is 83.1 cm³/mol. The van der Waals surface area contributed by atoms with Crippen molar-refractivity contribution in [3.05, 3.63) is 0 Å². The standard InChI is InChI=1S/C14H27N3O2.ClH/c1-4-16(5-2)14(19)12-8-7-11-17(12)13(18)9-6-10-15-3;/h12,15H,4-11H2,1-3H3;1H. The van der Waals surface area contributed by atoms with E-state index >= 15 is 0 Å². The van der Waals surface area contributed by atoms with Crippen LogP contribution in [0.15, 0.2) is 0 Å². The van der Waals surface area contributed by atoms with Crippen LogP contribution in [0, 0.1) is 0 Å². The van der Waals surface area contributed by atoms with Crippen LogP contribution in [0.4, 0.5) is 0 Å². The van der Waals surface area contributed by atoms with Gasteiger partial charge in [-0.15, -0.1) is 12.4 Å². The fraction of sp³-hybridized carbons (Fsp3) is 0.857. The molecule has 1 heterocycles. The van der Waals surface area contributed by atoms with Crippen molar-refractivity contribution in [3.8, 4) is 0 Å². The number of hydrogen-bond acceptors (Lipinski definition) is 3. The topological polar surface area (TPSA) is 52.7 Å². The minimum atomic E-state index is -0.220. The highest BCUT2D eigenvalue weighted by Gasteiger charge is 2.35. The molecule has 1 N–H and O–H groups in total. The van der Waals surface area contributed by atoms with Crippen LogP contribution < -0.4 is 5.32 Å². The fourth-order valence-electron chi connectivity index (χ4n) is 2.63. The lowest BCUT2D eigenvalue weighted by molar-refractivity contribution is -0.143. The van der Waals surface area contributed by atoms with Gasteiger partial charge in [0.1, 0.15) is 6.04 Å². The van der Waals surface area contributed by atoms with E-state index in [9.17, 15) is 9.59 Å². The van der Waals surface area contributed by atoms with Crippen molar-refractivity contribution in [1.29, 1.82) is 0 Å². The van der Waals surface area contributed by atoms with Gasteiger partial charge < -0.3 is 15.1 Å². The molecule has 1 unspecified atom stereocenters. The monoisotopic (exact) mass is 305 g/mol. The summed E-state index contributed by atoms with van der Waals surface area (Å²) in [4.78, 5) is 28.1. The van der Waals surface area contributed by atoms with E-state index < -0.39 is 0 Å². The molecular weight excluding hydrogens is 278 g/mol. The van der Waals surface area contributed by atoms with E-state index in [1.807, 2.05) is 25.8 Å². The molecule has 0 aromatic carbocycles. The molecule has 1 saturated heterocycles. The van der Waals surface area contributed by atoms with Crippen LogP contribution in [0.3, 0.4) is 0 Å². The zero-order valence-corrected chi connectivity index (χ0v) is 13.7. The molecule has 1 rings (SSSR count). The second-order valence-electron chi connectivity index (χ2n) is 4.96. The molecule has 1 aliphatic rings. The quantitative estimate of drug-likeness (QED) is 0.721. The zero-order chi connectivity index (χ0) is 14.3. The molecular formula is C14H28ClN3O2. The highest BCUT2D eigenvalue weighted by Crippen LogP contribution is 2.20. The number of nitrogens with zero attached hydrogens (tertiary/aromatic N) is 2. The first-order valence-electron chi connectivity index (χ1n) is 7.38. The molecule has 0 spiro atoms. The Morgan fingerprint density at radius 2 is 1.95 bits per heavy atom. The van der Waals surface area contributed by atoms with Gasteiger partial charge in [0.05, 0.1) is 0 Å². The molecule has 0 aromatic rings. The zero-order valence-electron chi connectivity index (χ0n) is 12.9. The van der Waals surface area contributed by atoms with Crippen LogP contribution in [-0.2, 0) is 9.59 Å². The summed E-state index contributed by atoms with van der Waals surface area (Å²) in [6.45, 7) is 6.97. The van der Waals surface area contributed by atoms with E-state index in [0.717, 1.165) is 32.4 Å². The van der Waals surface area contributed by atoms with Crippen molar-refractivity contribution in [2.45, 2.75) is 45.6 Å². The molecule has 118 valence electrons. The Hall–Kier alpha value is -0.810. The summed E-state index contributed by atoms with van der Waals surface area (Å²) < 4.78 is 0. The highest BCUT2D eigenvalue weighted by molar-refractivity contribution is 5.88. The molecule has 20 heavy (non-hydrogen) atoms. The summed E-state index contributed by atoms with van der Waals surface area (Å²) >= 11 is 0. The molecule has 0 aromatic heterocycles. The van der Waals surface area contributed by atoms with Crippen LogP contribution in [0.25, 0.3) is 0 Å². The van der Waals surface area contributed by atoms with Crippen LogP contribution >= 0.6 is 12.4 Å². The molecule has 0 bridgehead atoms. The Morgan fingerprint density at radius 1 is 1.30 bits per heavy atom. The van der Waals surface area contributed by atoms with Crippen molar-refractivity contribution in [2.75, 3.05) is 33.2 Å². The van der Waals surface area contributed by atoms with Gasteiger partial charge in [-0.2, -0.15) is 0 Å². The van der Waals surface area contributed by atoms with E-state index in [1.54, 1.807) is 4.90 Å². The average Bonchev–Trinajstić information content (AvgIpc) is 2.89. The number of carbonyl (C=O) groups is 2. The first-order valence-corrected chi connectivity index (χ1v) is 7.38. The molecule has 5 nitrogen and oxygen atoms in total. The molecule has 1 atom stereocenters. The number of amides is 2. The van der Waals surface area contributed by atoms with Gasteiger partial charge in [0, 0.05) is 26.1 Å². The largest absolute Gasteiger partial charge is 0.341 e. The third-order valence-electron chi connectivity index (χ3n) is 3.75. The van der Waals surface area contributed by atoms with Crippen LogP contribution in [0.5, 0.6) is 0 Å². The van der Waals surface area contributed by atoms with Gasteiger partial charge in [-0.3, -0.25) is 9.59 Å². The first kappa shape index (κ1) is 19.2. The van der Waals surface area contributed by atoms with Gasteiger partial charge in [-0.05, 0) is 46.7 Å². The summed E-state index contributed by atoms with van der Waals surface area (Å²) in [5, 5.41) is 3.04. The summed E-state index contributed by atoms with van der Waals surface area (Å²) in [6, 6.07) is -0.220. The number of likely N-dealkylation sites (tertiary alicyclic amines) is 1. The molecule has 6 heteroatoms.